The number of hydrogen-bond acceptors (Lipinski definition) is 5. The lowest BCUT2D eigenvalue weighted by atomic mass is 9.93. The zero-order valence-electron chi connectivity index (χ0n) is 20.0. The number of sulfonamides is 1. The van der Waals surface area contributed by atoms with Crippen molar-refractivity contribution in [3.05, 3.63) is 107 Å². The molecule has 0 amide bonds. The van der Waals surface area contributed by atoms with Gasteiger partial charge >= 0.3 is 5.97 Å². The Morgan fingerprint density at radius 3 is 1.97 bits per heavy atom. The van der Waals surface area contributed by atoms with E-state index in [0.717, 1.165) is 11.1 Å². The molecule has 0 bridgehead atoms. The fourth-order valence-electron chi connectivity index (χ4n) is 4.02. The normalized spacial score (nSPS) is 13.6. The van der Waals surface area contributed by atoms with Gasteiger partial charge in [0.05, 0.1) is 29.5 Å². The number of esters is 1. The monoisotopic (exact) mass is 480 g/mol. The topological polar surface area (TPSA) is 75.7 Å². The number of ether oxygens (including phenoxy) is 1. The minimum absolute atomic E-state index is 0.262. The van der Waals surface area contributed by atoms with Crippen molar-refractivity contribution < 1.29 is 17.9 Å². The van der Waals surface area contributed by atoms with Crippen LogP contribution in [-0.4, -0.2) is 38.9 Å². The van der Waals surface area contributed by atoms with E-state index in [4.69, 9.17) is 4.74 Å². The third kappa shape index (κ3) is 6.11. The molecule has 34 heavy (non-hydrogen) atoms. The Balaban J connectivity index is 2.00. The van der Waals surface area contributed by atoms with E-state index in [-0.39, 0.29) is 23.5 Å². The van der Waals surface area contributed by atoms with E-state index in [9.17, 15) is 13.2 Å². The first-order chi connectivity index (χ1) is 16.2. The summed E-state index contributed by atoms with van der Waals surface area (Å²) >= 11 is 0. The molecule has 3 aromatic carbocycles. The van der Waals surface area contributed by atoms with Crippen molar-refractivity contribution in [3.8, 4) is 0 Å². The fraction of sp³-hybridized carbons (Fsp3) is 0.296. The van der Waals surface area contributed by atoms with E-state index < -0.39 is 22.0 Å². The third-order valence-electron chi connectivity index (χ3n) is 5.67. The minimum Gasteiger partial charge on any atom is -0.459 e. The standard InChI is InChI=1S/C27H32N2O4S/c1-20(2)33-27(30)24-18-12-11-17-23(24)19-34(31,32)29(4)26(22-15-9-6-10-16-22)25(28-3)21-13-7-5-8-14-21/h5-18,20,25-26,28H,19H2,1-4H3. The average molecular weight is 481 g/mol. The summed E-state index contributed by atoms with van der Waals surface area (Å²) in [7, 11) is -0.405. The van der Waals surface area contributed by atoms with Crippen LogP contribution >= 0.6 is 0 Å². The number of rotatable bonds is 10. The molecule has 0 radical (unpaired) electrons. The van der Waals surface area contributed by atoms with Gasteiger partial charge in [-0.1, -0.05) is 78.9 Å². The van der Waals surface area contributed by atoms with Gasteiger partial charge in [-0.15, -0.1) is 0 Å². The molecule has 2 atom stereocenters. The molecule has 1 N–H and O–H groups in total. The summed E-state index contributed by atoms with van der Waals surface area (Å²) in [6, 6.07) is 25.2. The van der Waals surface area contributed by atoms with Crippen molar-refractivity contribution in [3.63, 3.8) is 0 Å². The van der Waals surface area contributed by atoms with Crippen molar-refractivity contribution in [1.29, 1.82) is 0 Å². The van der Waals surface area contributed by atoms with Gasteiger partial charge in [0.25, 0.3) is 0 Å². The molecule has 0 spiro atoms. The quantitative estimate of drug-likeness (QED) is 0.425. The molecule has 0 aromatic heterocycles. The molecule has 0 aliphatic carbocycles. The van der Waals surface area contributed by atoms with E-state index in [0.29, 0.717) is 5.56 Å². The SMILES string of the molecule is CNC(c1ccccc1)C(c1ccccc1)N(C)S(=O)(=O)Cc1ccccc1C(=O)OC(C)C. The Bertz CT molecular complexity index is 1180. The van der Waals surface area contributed by atoms with Crippen LogP contribution in [0, 0.1) is 0 Å². The van der Waals surface area contributed by atoms with E-state index in [1.54, 1.807) is 45.2 Å². The van der Waals surface area contributed by atoms with Crippen LogP contribution in [0.5, 0.6) is 0 Å². The van der Waals surface area contributed by atoms with Gasteiger partial charge in [-0.2, -0.15) is 4.31 Å². The van der Waals surface area contributed by atoms with E-state index >= 15 is 0 Å². The molecule has 0 fully saturated rings. The second kappa shape index (κ2) is 11.4. The summed E-state index contributed by atoms with van der Waals surface area (Å²) in [5.74, 6) is -0.845. The van der Waals surface area contributed by atoms with Crippen LogP contribution < -0.4 is 5.32 Å². The lowest BCUT2D eigenvalue weighted by molar-refractivity contribution is 0.0377. The highest BCUT2D eigenvalue weighted by Gasteiger charge is 2.34. The maximum Gasteiger partial charge on any atom is 0.338 e. The highest BCUT2D eigenvalue weighted by molar-refractivity contribution is 7.88. The maximum absolute atomic E-state index is 13.7. The second-order valence-electron chi connectivity index (χ2n) is 8.42. The van der Waals surface area contributed by atoms with Crippen LogP contribution in [-0.2, 0) is 20.5 Å². The Morgan fingerprint density at radius 2 is 1.41 bits per heavy atom. The van der Waals surface area contributed by atoms with Crippen LogP contribution in [0.15, 0.2) is 84.9 Å². The Morgan fingerprint density at radius 1 is 0.882 bits per heavy atom. The summed E-state index contributed by atoms with van der Waals surface area (Å²) in [6.07, 6.45) is -0.301. The van der Waals surface area contributed by atoms with E-state index in [1.165, 1.54) is 4.31 Å². The molecule has 0 aliphatic rings. The zero-order chi connectivity index (χ0) is 24.7. The van der Waals surface area contributed by atoms with Crippen LogP contribution in [0.3, 0.4) is 0 Å². The number of hydrogen-bond donors (Lipinski definition) is 1. The van der Waals surface area contributed by atoms with Gasteiger partial charge in [-0.3, -0.25) is 0 Å². The minimum atomic E-state index is -3.82. The van der Waals surface area contributed by atoms with Crippen LogP contribution in [0.2, 0.25) is 0 Å². The van der Waals surface area contributed by atoms with Crippen LogP contribution in [0.25, 0.3) is 0 Å². The Kier molecular flexibility index (Phi) is 8.61. The molecule has 6 nitrogen and oxygen atoms in total. The summed E-state index contributed by atoms with van der Waals surface area (Å²) in [5, 5.41) is 3.30. The summed E-state index contributed by atoms with van der Waals surface area (Å²) < 4.78 is 34.1. The first-order valence-electron chi connectivity index (χ1n) is 11.3. The predicted octanol–water partition coefficient (Wildman–Crippen LogP) is 4.72. The molecule has 0 saturated carbocycles. The molecular formula is C27H32N2O4S. The van der Waals surface area contributed by atoms with Gasteiger partial charge in [0.15, 0.2) is 0 Å². The third-order valence-corrected chi connectivity index (χ3v) is 7.46. The highest BCUT2D eigenvalue weighted by Crippen LogP contribution is 2.35. The molecular weight excluding hydrogens is 448 g/mol. The fourth-order valence-corrected chi connectivity index (χ4v) is 5.46. The van der Waals surface area contributed by atoms with Crippen LogP contribution in [0.4, 0.5) is 0 Å². The molecule has 0 heterocycles. The average Bonchev–Trinajstić information content (AvgIpc) is 2.82. The summed E-state index contributed by atoms with van der Waals surface area (Å²) in [5.41, 5.74) is 2.51. The lowest BCUT2D eigenvalue weighted by Crippen LogP contribution is -2.39. The molecule has 3 aromatic rings. The number of likely N-dealkylation sites (N-methyl/N-ethyl adjacent to an activating group) is 2. The van der Waals surface area contributed by atoms with Crippen LogP contribution in [0.1, 0.15) is 53.0 Å². The smallest absolute Gasteiger partial charge is 0.338 e. The van der Waals surface area contributed by atoms with Crippen molar-refractivity contribution >= 4 is 16.0 Å². The number of carbonyl (C=O) groups excluding carboxylic acids is 1. The lowest BCUT2D eigenvalue weighted by Gasteiger charge is -2.34. The molecule has 2 unspecified atom stereocenters. The molecule has 0 aliphatic heterocycles. The van der Waals surface area contributed by atoms with Gasteiger partial charge in [0, 0.05) is 7.05 Å². The van der Waals surface area contributed by atoms with Crippen molar-refractivity contribution in [1.82, 2.24) is 9.62 Å². The van der Waals surface area contributed by atoms with E-state index in [2.05, 4.69) is 5.32 Å². The molecule has 0 saturated heterocycles. The highest BCUT2D eigenvalue weighted by atomic mass is 32.2. The van der Waals surface area contributed by atoms with Gasteiger partial charge in [-0.25, -0.2) is 13.2 Å². The predicted molar refractivity (Wildman–Crippen MR) is 135 cm³/mol. The maximum atomic E-state index is 13.7. The number of nitrogens with one attached hydrogen (secondary N) is 1. The molecule has 180 valence electrons. The summed E-state index contributed by atoms with van der Waals surface area (Å²) in [4.78, 5) is 12.6. The Labute approximate surface area is 202 Å². The molecule has 3 rings (SSSR count). The van der Waals surface area contributed by atoms with Gasteiger partial charge in [0.1, 0.15) is 0 Å². The number of nitrogens with zero attached hydrogens (tertiary/aromatic N) is 1. The second-order valence-corrected chi connectivity index (χ2v) is 10.4. The largest absolute Gasteiger partial charge is 0.459 e. The van der Waals surface area contributed by atoms with E-state index in [1.807, 2.05) is 67.7 Å². The van der Waals surface area contributed by atoms with Crippen molar-refractivity contribution in [2.45, 2.75) is 37.8 Å². The first kappa shape index (κ1) is 25.6. The Hall–Kier alpha value is -3.00. The van der Waals surface area contributed by atoms with Crippen molar-refractivity contribution in [2.24, 2.45) is 0 Å². The van der Waals surface area contributed by atoms with Gasteiger partial charge < -0.3 is 10.1 Å². The van der Waals surface area contributed by atoms with Gasteiger partial charge in [-0.05, 0) is 43.7 Å². The zero-order valence-corrected chi connectivity index (χ0v) is 20.8. The molecule has 7 heteroatoms. The summed E-state index contributed by atoms with van der Waals surface area (Å²) in [6.45, 7) is 3.52. The van der Waals surface area contributed by atoms with Crippen molar-refractivity contribution in [2.75, 3.05) is 14.1 Å². The number of benzene rings is 3. The first-order valence-corrected chi connectivity index (χ1v) is 12.9. The number of carbonyl (C=O) groups is 1. The van der Waals surface area contributed by atoms with Gasteiger partial charge in [0.2, 0.25) is 10.0 Å².